The minimum atomic E-state index is 0.504. The van der Waals surface area contributed by atoms with Crippen LogP contribution in [0.2, 0.25) is 0 Å². The number of rotatable bonds is 2. The second kappa shape index (κ2) is 5.22. The molecule has 0 spiro atoms. The summed E-state index contributed by atoms with van der Waals surface area (Å²) in [6.45, 7) is 1.09. The Morgan fingerprint density at radius 1 is 0.864 bits per heavy atom. The normalized spacial score (nSPS) is 49.5. The molecule has 3 nitrogen and oxygen atoms in total. The van der Waals surface area contributed by atoms with Gasteiger partial charge >= 0.3 is 0 Å². The Labute approximate surface area is 134 Å². The highest BCUT2D eigenvalue weighted by Gasteiger charge is 2.44. The van der Waals surface area contributed by atoms with E-state index in [1.807, 2.05) is 0 Å². The molecule has 4 heterocycles. The number of nitrogens with zero attached hydrogens (tertiary/aromatic N) is 1. The van der Waals surface area contributed by atoms with Crippen molar-refractivity contribution >= 4 is 5.91 Å². The monoisotopic (exact) mass is 302 g/mol. The van der Waals surface area contributed by atoms with Crippen molar-refractivity contribution in [3.8, 4) is 0 Å². The van der Waals surface area contributed by atoms with Crippen LogP contribution in [0.4, 0.5) is 0 Å². The zero-order chi connectivity index (χ0) is 14.7. The fourth-order valence-electron chi connectivity index (χ4n) is 6.80. The van der Waals surface area contributed by atoms with Crippen LogP contribution in [0.25, 0.3) is 0 Å². The average Bonchev–Trinajstić information content (AvgIpc) is 2.69. The first-order valence-electron chi connectivity index (χ1n) is 9.78. The number of carbonyl (C=O) groups is 1. The highest BCUT2D eigenvalue weighted by atomic mass is 16.2. The standard InChI is InChI=1S/C19H30N2O/c22-19(10-14-6-16-1-2-17(7-14)20-16)21-11-15-4-12-3-13(5-15)9-18(21)8-12/h12-18,20H,1-11H2. The Morgan fingerprint density at radius 2 is 1.50 bits per heavy atom. The zero-order valence-electron chi connectivity index (χ0n) is 13.7. The van der Waals surface area contributed by atoms with E-state index in [4.69, 9.17) is 0 Å². The van der Waals surface area contributed by atoms with E-state index in [-0.39, 0.29) is 0 Å². The van der Waals surface area contributed by atoms with Crippen molar-refractivity contribution < 1.29 is 4.79 Å². The highest BCUT2D eigenvalue weighted by molar-refractivity contribution is 5.77. The molecule has 22 heavy (non-hydrogen) atoms. The van der Waals surface area contributed by atoms with Gasteiger partial charge in [-0.15, -0.1) is 0 Å². The van der Waals surface area contributed by atoms with Crippen molar-refractivity contribution in [2.75, 3.05) is 6.54 Å². The van der Waals surface area contributed by atoms with Gasteiger partial charge in [-0.1, -0.05) is 0 Å². The fraction of sp³-hybridized carbons (Fsp3) is 0.947. The summed E-state index contributed by atoms with van der Waals surface area (Å²) in [4.78, 5) is 15.4. The van der Waals surface area contributed by atoms with Gasteiger partial charge in [0.2, 0.25) is 5.91 Å². The molecule has 0 aromatic rings. The summed E-state index contributed by atoms with van der Waals surface area (Å²) in [5.74, 6) is 3.86. The minimum absolute atomic E-state index is 0.504. The molecule has 6 rings (SSSR count). The third-order valence-electron chi connectivity index (χ3n) is 7.46. The lowest BCUT2D eigenvalue weighted by Gasteiger charge is -2.39. The van der Waals surface area contributed by atoms with Gasteiger partial charge in [0.15, 0.2) is 0 Å². The van der Waals surface area contributed by atoms with Crippen molar-refractivity contribution in [3.05, 3.63) is 0 Å². The van der Waals surface area contributed by atoms with E-state index < -0.39 is 0 Å². The van der Waals surface area contributed by atoms with Crippen LogP contribution < -0.4 is 5.32 Å². The summed E-state index contributed by atoms with van der Waals surface area (Å²) in [7, 11) is 0. The quantitative estimate of drug-likeness (QED) is 0.850. The van der Waals surface area contributed by atoms with Gasteiger partial charge in [-0.05, 0) is 81.5 Å². The number of carbonyl (C=O) groups excluding carboxylic acids is 1. The van der Waals surface area contributed by atoms with E-state index >= 15 is 0 Å². The van der Waals surface area contributed by atoms with Crippen LogP contribution in [-0.2, 0) is 4.79 Å². The maximum absolute atomic E-state index is 13.0. The largest absolute Gasteiger partial charge is 0.339 e. The number of fused-ring (bicyclic) bond motifs is 3. The van der Waals surface area contributed by atoms with Gasteiger partial charge < -0.3 is 10.2 Å². The van der Waals surface area contributed by atoms with Crippen molar-refractivity contribution in [2.45, 2.75) is 82.3 Å². The lowest BCUT2D eigenvalue weighted by molar-refractivity contribution is -0.135. The van der Waals surface area contributed by atoms with E-state index in [0.717, 1.165) is 30.7 Å². The van der Waals surface area contributed by atoms with Crippen LogP contribution in [0.3, 0.4) is 0 Å². The molecule has 1 N–H and O–H groups in total. The topological polar surface area (TPSA) is 32.3 Å². The molecular weight excluding hydrogens is 272 g/mol. The van der Waals surface area contributed by atoms with Gasteiger partial charge in [0.25, 0.3) is 0 Å². The molecular formula is C19H30N2O. The predicted octanol–water partition coefficient (Wildman–Crippen LogP) is 2.94. The molecule has 6 bridgehead atoms. The first-order valence-corrected chi connectivity index (χ1v) is 9.78. The van der Waals surface area contributed by atoms with E-state index in [0.29, 0.717) is 30.0 Å². The summed E-state index contributed by atoms with van der Waals surface area (Å²) in [5, 5.41) is 3.71. The summed E-state index contributed by atoms with van der Waals surface area (Å²) in [5.41, 5.74) is 0. The van der Waals surface area contributed by atoms with Gasteiger partial charge in [-0.25, -0.2) is 0 Å². The summed E-state index contributed by atoms with van der Waals surface area (Å²) >= 11 is 0. The smallest absolute Gasteiger partial charge is 0.223 e. The SMILES string of the molecule is O=C(CC1CC2CCC(C1)N2)N1CC2CC3CC(C2)CC1C3. The molecule has 3 heteroatoms. The third-order valence-corrected chi connectivity index (χ3v) is 7.46. The van der Waals surface area contributed by atoms with Crippen LogP contribution in [0, 0.1) is 23.7 Å². The molecule has 0 radical (unpaired) electrons. The molecule has 4 aliphatic heterocycles. The Morgan fingerprint density at radius 3 is 2.18 bits per heavy atom. The van der Waals surface area contributed by atoms with Crippen molar-refractivity contribution in [1.82, 2.24) is 10.2 Å². The second-order valence-corrected chi connectivity index (χ2v) is 9.16. The van der Waals surface area contributed by atoms with Crippen LogP contribution in [0.1, 0.15) is 64.2 Å². The lowest BCUT2D eigenvalue weighted by atomic mass is 9.68. The molecule has 6 fully saturated rings. The summed E-state index contributed by atoms with van der Waals surface area (Å²) in [6, 6.07) is 2.03. The third kappa shape index (κ3) is 2.40. The number of hydrogen-bond acceptors (Lipinski definition) is 2. The summed E-state index contributed by atoms with van der Waals surface area (Å²) < 4.78 is 0. The molecule has 1 amide bonds. The summed E-state index contributed by atoms with van der Waals surface area (Å²) in [6.07, 6.45) is 12.9. The number of piperidine rings is 1. The fourth-order valence-corrected chi connectivity index (χ4v) is 6.80. The van der Waals surface area contributed by atoms with E-state index in [9.17, 15) is 4.79 Å². The minimum Gasteiger partial charge on any atom is -0.339 e. The van der Waals surface area contributed by atoms with Crippen molar-refractivity contribution in [3.63, 3.8) is 0 Å². The number of hydrogen-bond donors (Lipinski definition) is 1. The molecule has 4 saturated heterocycles. The Kier molecular flexibility index (Phi) is 3.28. The Balaban J connectivity index is 1.27. The number of nitrogens with one attached hydrogen (secondary N) is 1. The van der Waals surface area contributed by atoms with Gasteiger partial charge in [-0.2, -0.15) is 0 Å². The maximum Gasteiger partial charge on any atom is 0.223 e. The van der Waals surface area contributed by atoms with Crippen molar-refractivity contribution in [2.24, 2.45) is 23.7 Å². The lowest BCUT2D eigenvalue weighted by Crippen LogP contribution is -2.44. The zero-order valence-corrected chi connectivity index (χ0v) is 13.7. The molecule has 0 aromatic heterocycles. The van der Waals surface area contributed by atoms with Crippen LogP contribution in [0.5, 0.6) is 0 Å². The molecule has 2 saturated carbocycles. The average molecular weight is 302 g/mol. The van der Waals surface area contributed by atoms with Gasteiger partial charge in [-0.3, -0.25) is 4.79 Å². The van der Waals surface area contributed by atoms with Gasteiger partial charge in [0.05, 0.1) is 0 Å². The maximum atomic E-state index is 13.0. The Bertz CT molecular complexity index is 438. The highest BCUT2D eigenvalue weighted by Crippen LogP contribution is 2.47. The first kappa shape index (κ1) is 13.8. The van der Waals surface area contributed by atoms with Crippen LogP contribution in [-0.4, -0.2) is 35.5 Å². The van der Waals surface area contributed by atoms with Crippen LogP contribution >= 0.6 is 0 Å². The molecule has 4 atom stereocenters. The van der Waals surface area contributed by atoms with Gasteiger partial charge in [0.1, 0.15) is 0 Å². The molecule has 6 aliphatic rings. The predicted molar refractivity (Wildman–Crippen MR) is 86.3 cm³/mol. The van der Waals surface area contributed by atoms with E-state index in [1.165, 1.54) is 57.8 Å². The molecule has 0 aromatic carbocycles. The Hall–Kier alpha value is -0.570. The molecule has 2 aliphatic carbocycles. The second-order valence-electron chi connectivity index (χ2n) is 9.16. The molecule has 4 unspecified atom stereocenters. The van der Waals surface area contributed by atoms with E-state index in [2.05, 4.69) is 10.2 Å². The van der Waals surface area contributed by atoms with Crippen LogP contribution in [0.15, 0.2) is 0 Å². The van der Waals surface area contributed by atoms with Crippen molar-refractivity contribution in [1.29, 1.82) is 0 Å². The first-order chi connectivity index (χ1) is 10.7. The molecule has 122 valence electrons. The number of amides is 1. The van der Waals surface area contributed by atoms with Gasteiger partial charge in [0, 0.05) is 31.1 Å². The van der Waals surface area contributed by atoms with E-state index in [1.54, 1.807) is 0 Å².